The smallest absolute Gasteiger partial charge is 0.354 e. The zero-order chi connectivity index (χ0) is 19.7. The second kappa shape index (κ2) is 7.15. The lowest BCUT2D eigenvalue weighted by molar-refractivity contribution is 0.0690. The van der Waals surface area contributed by atoms with Crippen LogP contribution in [-0.2, 0) is 6.42 Å². The van der Waals surface area contributed by atoms with Gasteiger partial charge in [0.25, 0.3) is 0 Å². The monoisotopic (exact) mass is 376 g/mol. The number of methoxy groups -OCH3 is 1. The van der Waals surface area contributed by atoms with Crippen LogP contribution in [0.1, 0.15) is 21.7 Å². The Morgan fingerprint density at radius 3 is 2.64 bits per heavy atom. The van der Waals surface area contributed by atoms with Gasteiger partial charge in [0.05, 0.1) is 12.8 Å². The van der Waals surface area contributed by atoms with Crippen molar-refractivity contribution in [1.82, 2.24) is 9.97 Å². The van der Waals surface area contributed by atoms with Crippen molar-refractivity contribution in [2.24, 2.45) is 0 Å². The highest BCUT2D eigenvalue weighted by atomic mass is 19.1. The number of nitrogens with one attached hydrogen (secondary N) is 1. The fraction of sp³-hybridized carbons (Fsp3) is 0.0909. The molecule has 0 amide bonds. The Kier molecular flexibility index (Phi) is 4.53. The predicted molar refractivity (Wildman–Crippen MR) is 104 cm³/mol. The van der Waals surface area contributed by atoms with Gasteiger partial charge in [-0.3, -0.25) is 0 Å². The summed E-state index contributed by atoms with van der Waals surface area (Å²) in [5, 5.41) is 10.0. The quantitative estimate of drug-likeness (QED) is 0.531. The molecule has 2 heterocycles. The molecule has 0 saturated heterocycles. The zero-order valence-corrected chi connectivity index (χ0v) is 15.1. The highest BCUT2D eigenvalue weighted by Gasteiger charge is 2.17. The van der Waals surface area contributed by atoms with Crippen molar-refractivity contribution < 1.29 is 19.0 Å². The van der Waals surface area contributed by atoms with E-state index in [1.165, 1.54) is 19.2 Å². The van der Waals surface area contributed by atoms with E-state index in [1.807, 2.05) is 30.3 Å². The third-order valence-corrected chi connectivity index (χ3v) is 4.62. The molecule has 0 unspecified atom stereocenters. The number of carboxylic acids is 1. The van der Waals surface area contributed by atoms with Crippen LogP contribution in [0.4, 0.5) is 4.39 Å². The average molecular weight is 376 g/mol. The number of ether oxygens (including phenoxy) is 1. The lowest BCUT2D eigenvalue weighted by Crippen LogP contribution is -2.03. The summed E-state index contributed by atoms with van der Waals surface area (Å²) in [7, 11) is 1.42. The molecule has 4 rings (SSSR count). The van der Waals surface area contributed by atoms with Gasteiger partial charge in [-0.15, -0.1) is 0 Å². The standard InChI is InChI=1S/C22H17FN2O3/c1-28-20-11-15-16(10-14-8-5-9-18(24-14)22(26)27)21(13-6-3-2-4-7-13)25-19(15)12-17(20)23/h2-9,11-12,25H,10H2,1H3,(H,26,27). The molecule has 0 spiro atoms. The molecule has 28 heavy (non-hydrogen) atoms. The van der Waals surface area contributed by atoms with Gasteiger partial charge in [-0.25, -0.2) is 14.2 Å². The molecular weight excluding hydrogens is 359 g/mol. The molecule has 2 N–H and O–H groups in total. The highest BCUT2D eigenvalue weighted by Crippen LogP contribution is 2.35. The number of hydrogen-bond donors (Lipinski definition) is 2. The minimum Gasteiger partial charge on any atom is -0.494 e. The van der Waals surface area contributed by atoms with Crippen LogP contribution < -0.4 is 4.74 Å². The van der Waals surface area contributed by atoms with Gasteiger partial charge < -0.3 is 14.8 Å². The summed E-state index contributed by atoms with van der Waals surface area (Å²) in [5.41, 5.74) is 3.92. The first-order valence-electron chi connectivity index (χ1n) is 8.69. The van der Waals surface area contributed by atoms with Gasteiger partial charge in [-0.05, 0) is 29.3 Å². The normalized spacial score (nSPS) is 10.9. The van der Waals surface area contributed by atoms with E-state index in [4.69, 9.17) is 4.74 Å². The van der Waals surface area contributed by atoms with E-state index < -0.39 is 11.8 Å². The molecule has 2 aromatic carbocycles. The fourth-order valence-corrected chi connectivity index (χ4v) is 3.32. The molecule has 0 radical (unpaired) electrons. The van der Waals surface area contributed by atoms with Crippen molar-refractivity contribution in [3.05, 3.63) is 83.4 Å². The molecule has 0 aliphatic rings. The lowest BCUT2D eigenvalue weighted by atomic mass is 10.0. The fourth-order valence-electron chi connectivity index (χ4n) is 3.32. The molecule has 5 nitrogen and oxygen atoms in total. The van der Waals surface area contributed by atoms with E-state index in [1.54, 1.807) is 18.2 Å². The SMILES string of the molecule is COc1cc2c(Cc3cccc(C(=O)O)n3)c(-c3ccccc3)[nH]c2cc1F. The van der Waals surface area contributed by atoms with Crippen molar-refractivity contribution in [2.45, 2.75) is 6.42 Å². The number of H-pyrrole nitrogens is 1. The second-order valence-electron chi connectivity index (χ2n) is 6.37. The van der Waals surface area contributed by atoms with Crippen LogP contribution in [0.15, 0.2) is 60.7 Å². The van der Waals surface area contributed by atoms with Crippen LogP contribution in [0.3, 0.4) is 0 Å². The van der Waals surface area contributed by atoms with E-state index in [0.29, 0.717) is 17.6 Å². The molecule has 0 fully saturated rings. The maximum Gasteiger partial charge on any atom is 0.354 e. The number of aromatic carboxylic acids is 1. The number of rotatable bonds is 5. The first-order valence-corrected chi connectivity index (χ1v) is 8.69. The highest BCUT2D eigenvalue weighted by molar-refractivity contribution is 5.92. The van der Waals surface area contributed by atoms with E-state index in [9.17, 15) is 14.3 Å². The minimum absolute atomic E-state index is 0.0118. The maximum atomic E-state index is 14.2. The van der Waals surface area contributed by atoms with E-state index in [-0.39, 0.29) is 11.4 Å². The number of benzene rings is 2. The Hall–Kier alpha value is -3.67. The number of pyridine rings is 1. The van der Waals surface area contributed by atoms with Crippen LogP contribution >= 0.6 is 0 Å². The van der Waals surface area contributed by atoms with Crippen molar-refractivity contribution >= 4 is 16.9 Å². The van der Waals surface area contributed by atoms with Gasteiger partial charge in [-0.1, -0.05) is 36.4 Å². The van der Waals surface area contributed by atoms with Crippen LogP contribution in [0, 0.1) is 5.82 Å². The van der Waals surface area contributed by atoms with Gasteiger partial charge in [0.15, 0.2) is 11.6 Å². The number of aromatic amines is 1. The zero-order valence-electron chi connectivity index (χ0n) is 15.1. The molecule has 0 saturated carbocycles. The third kappa shape index (κ3) is 3.20. The number of carbonyl (C=O) groups is 1. The molecule has 2 aromatic heterocycles. The summed E-state index contributed by atoms with van der Waals surface area (Å²) in [6.45, 7) is 0. The van der Waals surface area contributed by atoms with Gasteiger partial charge in [0.1, 0.15) is 5.69 Å². The van der Waals surface area contributed by atoms with E-state index in [2.05, 4.69) is 9.97 Å². The second-order valence-corrected chi connectivity index (χ2v) is 6.37. The lowest BCUT2D eigenvalue weighted by Gasteiger charge is -2.07. The van der Waals surface area contributed by atoms with Crippen LogP contribution in [0.25, 0.3) is 22.2 Å². The average Bonchev–Trinajstić information content (AvgIpc) is 3.05. The largest absolute Gasteiger partial charge is 0.494 e. The Morgan fingerprint density at radius 1 is 1.14 bits per heavy atom. The number of halogens is 1. The summed E-state index contributed by atoms with van der Waals surface area (Å²) in [5.74, 6) is -1.37. The number of aromatic nitrogens is 2. The molecule has 6 heteroatoms. The Bertz CT molecular complexity index is 1170. The van der Waals surface area contributed by atoms with Gasteiger partial charge in [0.2, 0.25) is 0 Å². The van der Waals surface area contributed by atoms with Crippen molar-refractivity contribution in [3.8, 4) is 17.0 Å². The number of nitrogens with zero attached hydrogens (tertiary/aromatic N) is 1. The molecule has 0 aliphatic carbocycles. The van der Waals surface area contributed by atoms with Crippen LogP contribution in [-0.4, -0.2) is 28.2 Å². The summed E-state index contributed by atoms with van der Waals surface area (Å²) in [4.78, 5) is 18.8. The van der Waals surface area contributed by atoms with Gasteiger partial charge >= 0.3 is 5.97 Å². The third-order valence-electron chi connectivity index (χ3n) is 4.62. The molecule has 0 atom stereocenters. The summed E-state index contributed by atoms with van der Waals surface area (Å²) < 4.78 is 19.4. The maximum absolute atomic E-state index is 14.2. The van der Waals surface area contributed by atoms with Gasteiger partial charge in [-0.2, -0.15) is 0 Å². The number of fused-ring (bicyclic) bond motifs is 1. The van der Waals surface area contributed by atoms with Gasteiger partial charge in [0, 0.05) is 29.1 Å². The van der Waals surface area contributed by atoms with Crippen molar-refractivity contribution in [3.63, 3.8) is 0 Å². The molecule has 140 valence electrons. The number of hydrogen-bond acceptors (Lipinski definition) is 3. The van der Waals surface area contributed by atoms with Crippen LogP contribution in [0.2, 0.25) is 0 Å². The molecule has 4 aromatic rings. The number of carboxylic acid groups (broad SMARTS) is 1. The first kappa shape index (κ1) is 17.7. The molecule has 0 aliphatic heterocycles. The van der Waals surface area contributed by atoms with Crippen molar-refractivity contribution in [2.75, 3.05) is 7.11 Å². The Labute approximate surface area is 160 Å². The summed E-state index contributed by atoms with van der Waals surface area (Å²) in [6, 6.07) is 17.7. The van der Waals surface area contributed by atoms with E-state index >= 15 is 0 Å². The topological polar surface area (TPSA) is 75.2 Å². The van der Waals surface area contributed by atoms with Crippen molar-refractivity contribution in [1.29, 1.82) is 0 Å². The Morgan fingerprint density at radius 2 is 1.93 bits per heavy atom. The van der Waals surface area contributed by atoms with Crippen LogP contribution in [0.5, 0.6) is 5.75 Å². The summed E-state index contributed by atoms with van der Waals surface area (Å²) >= 11 is 0. The predicted octanol–water partition coefficient (Wildman–Crippen LogP) is 4.67. The summed E-state index contributed by atoms with van der Waals surface area (Å²) in [6.07, 6.45) is 0.389. The first-order chi connectivity index (χ1) is 13.6. The molecule has 0 bridgehead atoms. The minimum atomic E-state index is -1.08. The molecular formula is C22H17FN2O3. The Balaban J connectivity index is 1.91. The van der Waals surface area contributed by atoms with E-state index in [0.717, 1.165) is 22.2 Å².